The van der Waals surface area contributed by atoms with E-state index in [2.05, 4.69) is 36.1 Å². The van der Waals surface area contributed by atoms with E-state index in [0.29, 0.717) is 18.2 Å². The van der Waals surface area contributed by atoms with Gasteiger partial charge in [0, 0.05) is 12.6 Å². The molecule has 2 N–H and O–H groups in total. The summed E-state index contributed by atoms with van der Waals surface area (Å²) in [5, 5.41) is 20.2. The van der Waals surface area contributed by atoms with E-state index in [1.54, 1.807) is 6.07 Å². The number of carboxylic acids is 1. The number of carboxylic acid groups (broad SMARTS) is 1. The fourth-order valence-electron chi connectivity index (χ4n) is 5.22. The zero-order valence-corrected chi connectivity index (χ0v) is 21.5. The van der Waals surface area contributed by atoms with Gasteiger partial charge < -0.3 is 14.9 Å². The van der Waals surface area contributed by atoms with E-state index in [0.717, 1.165) is 48.1 Å². The molecule has 1 aliphatic heterocycles. The second kappa shape index (κ2) is 11.8. The van der Waals surface area contributed by atoms with Crippen molar-refractivity contribution in [1.82, 2.24) is 4.90 Å². The molecule has 1 heterocycles. The van der Waals surface area contributed by atoms with Gasteiger partial charge >= 0.3 is 5.97 Å². The molecular formula is C31H37NO4. The van der Waals surface area contributed by atoms with Gasteiger partial charge in [0.25, 0.3) is 0 Å². The summed E-state index contributed by atoms with van der Waals surface area (Å²) < 4.78 is 6.15. The van der Waals surface area contributed by atoms with Gasteiger partial charge in [-0.2, -0.15) is 0 Å². The number of β-amino-alcohol motifs (C(OH)–C–C–N with tert-alkyl or cyclic N) is 1. The van der Waals surface area contributed by atoms with Gasteiger partial charge in [0.2, 0.25) is 0 Å². The topological polar surface area (TPSA) is 70.0 Å². The summed E-state index contributed by atoms with van der Waals surface area (Å²) >= 11 is 0. The summed E-state index contributed by atoms with van der Waals surface area (Å²) in [7, 11) is 0. The predicted octanol–water partition coefficient (Wildman–Crippen LogP) is 5.81. The molecule has 0 radical (unpaired) electrons. The molecule has 0 aliphatic carbocycles. The number of ether oxygens (including phenoxy) is 1. The zero-order chi connectivity index (χ0) is 25.7. The van der Waals surface area contributed by atoms with Gasteiger partial charge in [-0.1, -0.05) is 66.2 Å². The first kappa shape index (κ1) is 26.1. The maximum atomic E-state index is 11.4. The molecule has 1 aliphatic rings. The fraction of sp³-hybridized carbons (Fsp3) is 0.387. The van der Waals surface area contributed by atoms with Crippen LogP contribution in [0.3, 0.4) is 0 Å². The van der Waals surface area contributed by atoms with Crippen LogP contribution >= 0.6 is 0 Å². The number of aliphatic hydroxyl groups is 1. The van der Waals surface area contributed by atoms with E-state index in [-0.39, 0.29) is 12.7 Å². The summed E-state index contributed by atoms with van der Waals surface area (Å²) in [4.78, 5) is 13.8. The zero-order valence-electron chi connectivity index (χ0n) is 21.5. The number of benzene rings is 3. The lowest BCUT2D eigenvalue weighted by molar-refractivity contribution is -0.0169. The van der Waals surface area contributed by atoms with Crippen molar-refractivity contribution in [2.45, 2.75) is 58.3 Å². The highest BCUT2D eigenvalue weighted by atomic mass is 16.5. The van der Waals surface area contributed by atoms with Gasteiger partial charge in [0.05, 0.1) is 24.4 Å². The van der Waals surface area contributed by atoms with Crippen molar-refractivity contribution in [3.63, 3.8) is 0 Å². The molecule has 36 heavy (non-hydrogen) atoms. The van der Waals surface area contributed by atoms with Crippen LogP contribution in [0.4, 0.5) is 0 Å². The van der Waals surface area contributed by atoms with Gasteiger partial charge in [0.15, 0.2) is 0 Å². The Balaban J connectivity index is 1.36. The number of aliphatic hydroxyl groups excluding tert-OH is 1. The highest BCUT2D eigenvalue weighted by Crippen LogP contribution is 2.31. The molecular weight excluding hydrogens is 450 g/mol. The van der Waals surface area contributed by atoms with Crippen molar-refractivity contribution in [3.05, 3.63) is 94.5 Å². The molecule has 190 valence electrons. The Morgan fingerprint density at radius 2 is 1.83 bits per heavy atom. The summed E-state index contributed by atoms with van der Waals surface area (Å²) in [6.07, 6.45) is 2.56. The average Bonchev–Trinajstić information content (AvgIpc) is 3.29. The lowest BCUT2D eigenvalue weighted by atomic mass is 9.94. The molecule has 3 aromatic rings. The van der Waals surface area contributed by atoms with Crippen LogP contribution in [-0.2, 0) is 11.2 Å². The Kier molecular flexibility index (Phi) is 8.57. The lowest BCUT2D eigenvalue weighted by Crippen LogP contribution is -2.39. The molecule has 5 heteroatoms. The van der Waals surface area contributed by atoms with Crippen molar-refractivity contribution < 1.29 is 19.7 Å². The number of aromatic carboxylic acids is 1. The number of nitrogens with zero attached hydrogens (tertiary/aromatic N) is 1. The van der Waals surface area contributed by atoms with Gasteiger partial charge in [-0.05, 0) is 80.5 Å². The quantitative estimate of drug-likeness (QED) is 0.377. The number of carbonyl (C=O) groups is 1. The van der Waals surface area contributed by atoms with Gasteiger partial charge in [-0.3, -0.25) is 4.90 Å². The molecule has 1 saturated heterocycles. The van der Waals surface area contributed by atoms with Crippen molar-refractivity contribution in [2.24, 2.45) is 0 Å². The molecule has 0 spiro atoms. The number of likely N-dealkylation sites (tertiary alicyclic amines) is 1. The molecule has 0 bridgehead atoms. The highest BCUT2D eigenvalue weighted by Gasteiger charge is 2.27. The summed E-state index contributed by atoms with van der Waals surface area (Å²) in [6.45, 7) is 7.81. The summed E-state index contributed by atoms with van der Waals surface area (Å²) in [6, 6.07) is 22.6. The third-order valence-corrected chi connectivity index (χ3v) is 7.24. The first-order valence-electron chi connectivity index (χ1n) is 12.8. The Labute approximate surface area is 214 Å². The first-order valence-corrected chi connectivity index (χ1v) is 12.8. The van der Waals surface area contributed by atoms with Crippen LogP contribution in [0.15, 0.2) is 66.7 Å². The van der Waals surface area contributed by atoms with E-state index in [4.69, 9.17) is 4.74 Å². The van der Waals surface area contributed by atoms with Crippen LogP contribution in [0, 0.1) is 13.8 Å². The maximum Gasteiger partial charge on any atom is 0.335 e. The molecule has 4 rings (SSSR count). The van der Waals surface area contributed by atoms with Crippen LogP contribution in [0.2, 0.25) is 0 Å². The van der Waals surface area contributed by atoms with Crippen molar-refractivity contribution >= 4 is 5.97 Å². The molecule has 0 amide bonds. The van der Waals surface area contributed by atoms with Crippen molar-refractivity contribution in [1.29, 1.82) is 0 Å². The van der Waals surface area contributed by atoms with Crippen molar-refractivity contribution in [2.75, 3.05) is 19.7 Å². The Bertz CT molecular complexity index is 1170. The van der Waals surface area contributed by atoms with E-state index in [1.165, 1.54) is 11.1 Å². The van der Waals surface area contributed by atoms with Gasteiger partial charge in [0.1, 0.15) is 0 Å². The Morgan fingerprint density at radius 1 is 1.08 bits per heavy atom. The molecule has 5 nitrogen and oxygen atoms in total. The largest absolute Gasteiger partial charge is 0.478 e. The number of hydrogen-bond donors (Lipinski definition) is 2. The smallest absolute Gasteiger partial charge is 0.335 e. The fourth-order valence-corrected chi connectivity index (χ4v) is 5.22. The number of hydrogen-bond acceptors (Lipinski definition) is 4. The minimum atomic E-state index is -0.919. The van der Waals surface area contributed by atoms with Crippen LogP contribution in [-0.4, -0.2) is 52.9 Å². The second-order valence-electron chi connectivity index (χ2n) is 10.0. The Morgan fingerprint density at radius 3 is 2.56 bits per heavy atom. The van der Waals surface area contributed by atoms with Crippen LogP contribution in [0.1, 0.15) is 58.5 Å². The average molecular weight is 488 g/mol. The predicted molar refractivity (Wildman–Crippen MR) is 143 cm³/mol. The first-order chi connectivity index (χ1) is 17.3. The van der Waals surface area contributed by atoms with Gasteiger partial charge in [-0.15, -0.1) is 0 Å². The molecule has 1 unspecified atom stereocenters. The summed E-state index contributed by atoms with van der Waals surface area (Å²) in [5.74, 6) is -0.919. The molecule has 0 aromatic heterocycles. The van der Waals surface area contributed by atoms with Crippen LogP contribution in [0.25, 0.3) is 11.1 Å². The van der Waals surface area contributed by atoms with E-state index >= 15 is 0 Å². The molecule has 3 aromatic carbocycles. The van der Waals surface area contributed by atoms with Crippen LogP contribution < -0.4 is 0 Å². The molecule has 1 fully saturated rings. The van der Waals surface area contributed by atoms with Gasteiger partial charge in [-0.25, -0.2) is 4.79 Å². The minimum Gasteiger partial charge on any atom is -0.478 e. The van der Waals surface area contributed by atoms with E-state index in [9.17, 15) is 15.0 Å². The molecule has 0 saturated carbocycles. The number of aryl methyl sites for hydroxylation is 2. The normalized spacial score (nSPS) is 17.7. The third kappa shape index (κ3) is 6.41. The standard InChI is InChI=1S/C31H37NO4/c1-21-10-12-24(13-11-21)18-26-7-6-16-32(26)19-27(33)20-36-23(3)29-8-4-5-9-30(29)25-14-15-28(31(34)35)22(2)17-25/h4-5,8-15,17,23,26-27,33H,6-7,16,18-20H2,1-3H3,(H,34,35)/t23?,26-,27+/m0/s1. The number of rotatable bonds is 10. The SMILES string of the molecule is Cc1ccc(C[C@@H]2CCCN2C[C@@H](O)COC(C)c2ccccc2-c2ccc(C(=O)O)c(C)c2)cc1. The van der Waals surface area contributed by atoms with E-state index < -0.39 is 12.1 Å². The highest BCUT2D eigenvalue weighted by molar-refractivity contribution is 5.90. The maximum absolute atomic E-state index is 11.4. The minimum absolute atomic E-state index is 0.211. The monoisotopic (exact) mass is 487 g/mol. The van der Waals surface area contributed by atoms with E-state index in [1.807, 2.05) is 50.2 Å². The Hall–Kier alpha value is -2.99. The second-order valence-corrected chi connectivity index (χ2v) is 10.0. The third-order valence-electron chi connectivity index (χ3n) is 7.24. The lowest BCUT2D eigenvalue weighted by Gasteiger charge is -2.27. The van der Waals surface area contributed by atoms with Crippen molar-refractivity contribution in [3.8, 4) is 11.1 Å². The van der Waals surface area contributed by atoms with Crippen LogP contribution in [0.5, 0.6) is 0 Å². The summed E-state index contributed by atoms with van der Waals surface area (Å²) in [5.41, 5.74) is 6.65. The molecule has 3 atom stereocenters.